The molecule has 1 unspecified atom stereocenters. The Morgan fingerprint density at radius 2 is 2.21 bits per heavy atom. The number of hydrogen-bond donors (Lipinski definition) is 0. The van der Waals surface area contributed by atoms with Gasteiger partial charge in [-0.2, -0.15) is 5.26 Å². The van der Waals surface area contributed by atoms with E-state index in [1.807, 2.05) is 32.9 Å². The molecule has 0 aliphatic rings. The number of rotatable bonds is 2. The van der Waals surface area contributed by atoms with Gasteiger partial charge in [0.05, 0.1) is 6.07 Å². The van der Waals surface area contributed by atoms with Crippen LogP contribution in [-0.2, 0) is 0 Å². The van der Waals surface area contributed by atoms with E-state index in [2.05, 4.69) is 27.0 Å². The van der Waals surface area contributed by atoms with Crippen molar-refractivity contribution in [2.45, 2.75) is 33.1 Å². The molecule has 0 aliphatic heterocycles. The Balaban J connectivity index is 0.000000791. The van der Waals surface area contributed by atoms with Gasteiger partial charge in [0.2, 0.25) is 0 Å². The highest BCUT2D eigenvalue weighted by molar-refractivity contribution is 9.10. The summed E-state index contributed by atoms with van der Waals surface area (Å²) in [4.78, 5) is 4.18. The third-order valence-corrected chi connectivity index (χ3v) is 2.14. The SMILES string of the molecule is CC.CC(CC#N)c1cc(Br)ccn1. The Bertz CT molecular complexity index is 304. The van der Waals surface area contributed by atoms with Crippen LogP contribution in [0.25, 0.3) is 0 Å². The molecule has 2 nitrogen and oxygen atoms in total. The smallest absolute Gasteiger partial charge is 0.0628 e. The fourth-order valence-corrected chi connectivity index (χ4v) is 1.28. The average molecular weight is 255 g/mol. The topological polar surface area (TPSA) is 36.7 Å². The average Bonchev–Trinajstić information content (AvgIpc) is 2.21. The Kier molecular flexibility index (Phi) is 7.04. The van der Waals surface area contributed by atoms with Crippen molar-refractivity contribution in [2.75, 3.05) is 0 Å². The van der Waals surface area contributed by atoms with Crippen molar-refractivity contribution in [3.63, 3.8) is 0 Å². The Labute approximate surface area is 94.1 Å². The zero-order valence-electron chi connectivity index (χ0n) is 8.79. The predicted octanol–water partition coefficient (Wildman–Crippen LogP) is 3.89. The maximum atomic E-state index is 8.48. The van der Waals surface area contributed by atoms with Gasteiger partial charge in [-0.3, -0.25) is 4.98 Å². The second kappa shape index (κ2) is 7.52. The Morgan fingerprint density at radius 3 is 2.71 bits per heavy atom. The van der Waals surface area contributed by atoms with Crippen LogP contribution in [0.2, 0.25) is 0 Å². The van der Waals surface area contributed by atoms with E-state index in [9.17, 15) is 0 Å². The molecule has 0 fully saturated rings. The molecule has 76 valence electrons. The van der Waals surface area contributed by atoms with Gasteiger partial charge in [-0.1, -0.05) is 36.7 Å². The molecule has 1 atom stereocenters. The summed E-state index contributed by atoms with van der Waals surface area (Å²) >= 11 is 3.36. The minimum absolute atomic E-state index is 0.215. The maximum Gasteiger partial charge on any atom is 0.0628 e. The molecule has 1 rings (SSSR count). The third-order valence-electron chi connectivity index (χ3n) is 1.65. The lowest BCUT2D eigenvalue weighted by Gasteiger charge is -2.05. The van der Waals surface area contributed by atoms with Crippen LogP contribution in [0.3, 0.4) is 0 Å². The van der Waals surface area contributed by atoms with Crippen LogP contribution in [0.5, 0.6) is 0 Å². The van der Waals surface area contributed by atoms with Crippen molar-refractivity contribution < 1.29 is 0 Å². The zero-order chi connectivity index (χ0) is 11.0. The molecule has 0 spiro atoms. The van der Waals surface area contributed by atoms with E-state index < -0.39 is 0 Å². The van der Waals surface area contributed by atoms with Gasteiger partial charge in [-0.05, 0) is 12.1 Å². The van der Waals surface area contributed by atoms with Gasteiger partial charge in [-0.25, -0.2) is 0 Å². The summed E-state index contributed by atoms with van der Waals surface area (Å²) in [5, 5.41) is 8.48. The summed E-state index contributed by atoms with van der Waals surface area (Å²) in [6.07, 6.45) is 2.26. The standard InChI is InChI=1S/C9H9BrN2.C2H6/c1-7(2-4-11)9-6-8(10)3-5-12-9;1-2/h3,5-7H,2H2,1H3;1-2H3. The zero-order valence-corrected chi connectivity index (χ0v) is 10.4. The first-order valence-electron chi connectivity index (χ1n) is 4.72. The van der Waals surface area contributed by atoms with E-state index in [1.54, 1.807) is 6.20 Å². The molecule has 1 aromatic heterocycles. The molecular formula is C11H15BrN2. The summed E-state index contributed by atoms with van der Waals surface area (Å²) in [5.41, 5.74) is 0.964. The van der Waals surface area contributed by atoms with Crippen LogP contribution in [0.4, 0.5) is 0 Å². The molecule has 1 heterocycles. The van der Waals surface area contributed by atoms with Crippen LogP contribution in [0.15, 0.2) is 22.8 Å². The number of halogens is 1. The van der Waals surface area contributed by atoms with Crippen molar-refractivity contribution in [2.24, 2.45) is 0 Å². The molecule has 1 aromatic rings. The first-order valence-corrected chi connectivity index (χ1v) is 5.51. The Hall–Kier alpha value is -0.880. The van der Waals surface area contributed by atoms with E-state index in [1.165, 1.54) is 0 Å². The molecule has 0 aromatic carbocycles. The van der Waals surface area contributed by atoms with E-state index in [-0.39, 0.29) is 5.92 Å². The second-order valence-electron chi connectivity index (χ2n) is 2.66. The number of hydrogen-bond acceptors (Lipinski definition) is 2. The van der Waals surface area contributed by atoms with Crippen LogP contribution in [0.1, 0.15) is 38.8 Å². The van der Waals surface area contributed by atoms with Crippen LogP contribution in [0, 0.1) is 11.3 Å². The quantitative estimate of drug-likeness (QED) is 0.803. The fraction of sp³-hybridized carbons (Fsp3) is 0.455. The molecule has 0 radical (unpaired) electrons. The predicted molar refractivity (Wildman–Crippen MR) is 61.9 cm³/mol. The van der Waals surface area contributed by atoms with Crippen molar-refractivity contribution >= 4 is 15.9 Å². The lowest BCUT2D eigenvalue weighted by molar-refractivity contribution is 0.756. The molecule has 0 bridgehead atoms. The van der Waals surface area contributed by atoms with Gasteiger partial charge in [0.25, 0.3) is 0 Å². The first kappa shape index (κ1) is 13.1. The van der Waals surface area contributed by atoms with Gasteiger partial charge in [0.1, 0.15) is 0 Å². The minimum Gasteiger partial charge on any atom is -0.261 e. The summed E-state index contributed by atoms with van der Waals surface area (Å²) in [6, 6.07) is 5.95. The molecular weight excluding hydrogens is 240 g/mol. The summed E-state index contributed by atoms with van der Waals surface area (Å²) in [7, 11) is 0. The fourth-order valence-electron chi connectivity index (χ4n) is 0.932. The first-order chi connectivity index (χ1) is 6.74. The number of pyridine rings is 1. The van der Waals surface area contributed by atoms with Gasteiger partial charge >= 0.3 is 0 Å². The summed E-state index contributed by atoms with van der Waals surface area (Å²) in [5.74, 6) is 0.215. The molecule has 0 saturated carbocycles. The molecule has 0 aliphatic carbocycles. The van der Waals surface area contributed by atoms with Crippen LogP contribution in [-0.4, -0.2) is 4.98 Å². The number of nitrogens with zero attached hydrogens (tertiary/aromatic N) is 2. The summed E-state index contributed by atoms with van der Waals surface area (Å²) in [6.45, 7) is 6.00. The minimum atomic E-state index is 0.215. The van der Waals surface area contributed by atoms with Crippen molar-refractivity contribution in [3.8, 4) is 6.07 Å². The van der Waals surface area contributed by atoms with Crippen molar-refractivity contribution in [1.29, 1.82) is 5.26 Å². The van der Waals surface area contributed by atoms with Gasteiger partial charge in [-0.15, -0.1) is 0 Å². The van der Waals surface area contributed by atoms with Crippen LogP contribution >= 0.6 is 15.9 Å². The Morgan fingerprint density at radius 1 is 1.57 bits per heavy atom. The van der Waals surface area contributed by atoms with E-state index in [0.717, 1.165) is 10.2 Å². The highest BCUT2D eigenvalue weighted by Gasteiger charge is 2.05. The van der Waals surface area contributed by atoms with E-state index in [0.29, 0.717) is 6.42 Å². The monoisotopic (exact) mass is 254 g/mol. The van der Waals surface area contributed by atoms with Crippen LogP contribution < -0.4 is 0 Å². The van der Waals surface area contributed by atoms with Gasteiger partial charge in [0, 0.05) is 28.7 Å². The lowest BCUT2D eigenvalue weighted by atomic mass is 10.0. The van der Waals surface area contributed by atoms with Crippen molar-refractivity contribution in [3.05, 3.63) is 28.5 Å². The maximum absolute atomic E-state index is 8.48. The normalized spacial score (nSPS) is 10.8. The molecule has 14 heavy (non-hydrogen) atoms. The third kappa shape index (κ3) is 4.38. The van der Waals surface area contributed by atoms with Gasteiger partial charge < -0.3 is 0 Å². The molecule has 0 amide bonds. The second-order valence-corrected chi connectivity index (χ2v) is 3.58. The number of aromatic nitrogens is 1. The number of nitriles is 1. The van der Waals surface area contributed by atoms with E-state index >= 15 is 0 Å². The highest BCUT2D eigenvalue weighted by atomic mass is 79.9. The van der Waals surface area contributed by atoms with Gasteiger partial charge in [0.15, 0.2) is 0 Å². The molecule has 0 N–H and O–H groups in total. The van der Waals surface area contributed by atoms with E-state index in [4.69, 9.17) is 5.26 Å². The van der Waals surface area contributed by atoms with Crippen molar-refractivity contribution in [1.82, 2.24) is 4.98 Å². The molecule has 3 heteroatoms. The summed E-state index contributed by atoms with van der Waals surface area (Å²) < 4.78 is 1.01. The largest absolute Gasteiger partial charge is 0.261 e. The highest BCUT2D eigenvalue weighted by Crippen LogP contribution is 2.19. The molecule has 0 saturated heterocycles. The lowest BCUT2D eigenvalue weighted by Crippen LogP contribution is -1.94.